The number of fused-ring (bicyclic) bond motifs is 1. The van der Waals surface area contributed by atoms with Gasteiger partial charge in [0.25, 0.3) is 5.91 Å². The fourth-order valence-electron chi connectivity index (χ4n) is 2.40. The molecule has 3 rings (SSSR count). The van der Waals surface area contributed by atoms with Crippen molar-refractivity contribution in [3.05, 3.63) is 46.7 Å². The molecular weight excluding hydrogens is 326 g/mol. The van der Waals surface area contributed by atoms with E-state index in [4.69, 9.17) is 23.8 Å². The highest BCUT2D eigenvalue weighted by atomic mass is 35.5. The number of hydrogen-bond donors (Lipinski definition) is 3. The van der Waals surface area contributed by atoms with Gasteiger partial charge in [-0.3, -0.25) is 4.79 Å². The lowest BCUT2D eigenvalue weighted by Gasteiger charge is -2.12. The normalized spacial score (nSPS) is 10.5. The van der Waals surface area contributed by atoms with Gasteiger partial charge in [0.05, 0.1) is 5.69 Å². The second-order valence-corrected chi connectivity index (χ2v) is 5.57. The summed E-state index contributed by atoms with van der Waals surface area (Å²) in [6, 6.07) is 7.33. The number of hydrogen-bond acceptors (Lipinski definition) is 4. The van der Waals surface area contributed by atoms with Gasteiger partial charge in [0.15, 0.2) is 11.3 Å². The van der Waals surface area contributed by atoms with Crippen LogP contribution in [-0.4, -0.2) is 21.1 Å². The number of H-pyrrole nitrogens is 1. The molecule has 1 aromatic carbocycles. The summed E-state index contributed by atoms with van der Waals surface area (Å²) in [7, 11) is 0. The minimum absolute atomic E-state index is 0.0645. The lowest BCUT2D eigenvalue weighted by molar-refractivity contribution is 0.0995. The van der Waals surface area contributed by atoms with E-state index in [2.05, 4.69) is 26.4 Å². The quantitative estimate of drug-likeness (QED) is 0.622. The summed E-state index contributed by atoms with van der Waals surface area (Å²) in [5.41, 5.74) is 8.19. The van der Waals surface area contributed by atoms with Gasteiger partial charge >= 0.3 is 0 Å². The number of anilines is 2. The smallest absolute Gasteiger partial charge is 0.271 e. The van der Waals surface area contributed by atoms with Crippen molar-refractivity contribution >= 4 is 39.9 Å². The van der Waals surface area contributed by atoms with E-state index in [1.54, 1.807) is 18.3 Å². The molecule has 6 nitrogen and oxygen atoms in total. The first kappa shape index (κ1) is 15.8. The number of aryl methyl sites for hydroxylation is 1. The summed E-state index contributed by atoms with van der Waals surface area (Å²) < 4.78 is 0. The van der Waals surface area contributed by atoms with E-state index in [1.165, 1.54) is 0 Å². The second-order valence-electron chi connectivity index (χ2n) is 5.16. The molecule has 0 atom stereocenters. The molecule has 0 aliphatic rings. The molecule has 0 aliphatic carbocycles. The third-order valence-corrected chi connectivity index (χ3v) is 3.93. The summed E-state index contributed by atoms with van der Waals surface area (Å²) in [6.45, 7) is 0. The Labute approximate surface area is 143 Å². The summed E-state index contributed by atoms with van der Waals surface area (Å²) >= 11 is 6.30. The predicted octanol–water partition coefficient (Wildman–Crippen LogP) is 3.02. The number of aromatic amines is 1. The maximum atomic E-state index is 11.6. The number of benzene rings is 1. The van der Waals surface area contributed by atoms with Crippen LogP contribution in [0, 0.1) is 12.3 Å². The van der Waals surface area contributed by atoms with Gasteiger partial charge in [0.2, 0.25) is 0 Å². The molecule has 7 heteroatoms. The first-order valence-corrected chi connectivity index (χ1v) is 7.60. The van der Waals surface area contributed by atoms with Crippen LogP contribution in [0.2, 0.25) is 5.02 Å². The van der Waals surface area contributed by atoms with Crippen molar-refractivity contribution in [1.82, 2.24) is 15.2 Å². The van der Waals surface area contributed by atoms with Crippen LogP contribution in [0.1, 0.15) is 22.5 Å². The summed E-state index contributed by atoms with van der Waals surface area (Å²) in [5, 5.41) is 12.3. The molecule has 3 aromatic rings. The molecule has 2 aromatic heterocycles. The van der Waals surface area contributed by atoms with E-state index >= 15 is 0 Å². The first-order valence-electron chi connectivity index (χ1n) is 7.22. The number of terminal acetylenes is 1. The second kappa shape index (κ2) is 6.60. The van der Waals surface area contributed by atoms with Gasteiger partial charge in [-0.1, -0.05) is 17.7 Å². The van der Waals surface area contributed by atoms with Gasteiger partial charge in [-0.25, -0.2) is 0 Å². The van der Waals surface area contributed by atoms with E-state index in [9.17, 15) is 4.79 Å². The number of nitrogens with zero attached hydrogens (tertiary/aromatic N) is 2. The third kappa shape index (κ3) is 3.03. The zero-order chi connectivity index (χ0) is 17.1. The largest absolute Gasteiger partial charge is 0.364 e. The molecule has 2 heterocycles. The molecular formula is C17H14ClN5O. The predicted molar refractivity (Wildman–Crippen MR) is 94.3 cm³/mol. The van der Waals surface area contributed by atoms with E-state index in [0.717, 1.165) is 5.56 Å². The van der Waals surface area contributed by atoms with Gasteiger partial charge in [-0.15, -0.1) is 22.5 Å². The molecule has 0 saturated heterocycles. The van der Waals surface area contributed by atoms with Crippen LogP contribution < -0.4 is 11.1 Å². The summed E-state index contributed by atoms with van der Waals surface area (Å²) in [6.07, 6.45) is 8.33. The average Bonchev–Trinajstić information content (AvgIpc) is 3.03. The van der Waals surface area contributed by atoms with Crippen molar-refractivity contribution in [2.24, 2.45) is 5.73 Å². The molecule has 24 heavy (non-hydrogen) atoms. The fraction of sp³-hybridized carbons (Fsp3) is 0.118. The van der Waals surface area contributed by atoms with Crippen LogP contribution >= 0.6 is 11.6 Å². The molecule has 0 fully saturated rings. The van der Waals surface area contributed by atoms with Crippen molar-refractivity contribution in [2.75, 3.05) is 5.32 Å². The highest BCUT2D eigenvalue weighted by Gasteiger charge is 2.16. The van der Waals surface area contributed by atoms with Crippen LogP contribution in [0.15, 0.2) is 30.5 Å². The third-order valence-electron chi connectivity index (χ3n) is 3.58. The number of nitrogens with one attached hydrogen (secondary N) is 2. The van der Waals surface area contributed by atoms with Crippen molar-refractivity contribution < 1.29 is 4.79 Å². The Morgan fingerprint density at radius 2 is 2.21 bits per heavy atom. The number of carbonyl (C=O) groups is 1. The Kier molecular flexibility index (Phi) is 4.36. The van der Waals surface area contributed by atoms with E-state index in [-0.39, 0.29) is 5.69 Å². The monoisotopic (exact) mass is 339 g/mol. The van der Waals surface area contributed by atoms with E-state index in [0.29, 0.717) is 40.3 Å². The first-order chi connectivity index (χ1) is 11.6. The molecule has 0 aliphatic heterocycles. The summed E-state index contributed by atoms with van der Waals surface area (Å²) in [4.78, 5) is 14.6. The van der Waals surface area contributed by atoms with Crippen molar-refractivity contribution in [2.45, 2.75) is 12.8 Å². The zero-order valence-corrected chi connectivity index (χ0v) is 13.4. The van der Waals surface area contributed by atoms with Gasteiger partial charge in [0.1, 0.15) is 0 Å². The topological polar surface area (TPSA) is 96.7 Å². The molecule has 0 saturated carbocycles. The maximum Gasteiger partial charge on any atom is 0.271 e. The Morgan fingerprint density at radius 1 is 1.38 bits per heavy atom. The van der Waals surface area contributed by atoms with E-state index in [1.807, 2.05) is 12.1 Å². The van der Waals surface area contributed by atoms with Crippen LogP contribution in [0.3, 0.4) is 0 Å². The highest BCUT2D eigenvalue weighted by Crippen LogP contribution is 2.29. The molecule has 4 N–H and O–H groups in total. The highest BCUT2D eigenvalue weighted by molar-refractivity contribution is 6.31. The molecule has 0 bridgehead atoms. The fourth-order valence-corrected chi connectivity index (χ4v) is 2.68. The molecule has 0 spiro atoms. The van der Waals surface area contributed by atoms with E-state index < -0.39 is 5.91 Å². The Bertz CT molecular complexity index is 957. The number of halogens is 1. The van der Waals surface area contributed by atoms with Crippen molar-refractivity contribution in [3.63, 3.8) is 0 Å². The van der Waals surface area contributed by atoms with Gasteiger partial charge < -0.3 is 16.0 Å². The Morgan fingerprint density at radius 3 is 2.92 bits per heavy atom. The Hall–Kier alpha value is -3.04. The zero-order valence-electron chi connectivity index (χ0n) is 12.6. The number of nitrogens with two attached hydrogens (primary N) is 1. The van der Waals surface area contributed by atoms with Crippen molar-refractivity contribution in [1.29, 1.82) is 0 Å². The van der Waals surface area contributed by atoms with Gasteiger partial charge in [-0.05, 0) is 30.2 Å². The number of rotatable bonds is 5. The number of primary amides is 1. The average molecular weight is 340 g/mol. The Balaban J connectivity index is 1.99. The lowest BCUT2D eigenvalue weighted by atomic mass is 10.1. The van der Waals surface area contributed by atoms with Crippen LogP contribution in [0.25, 0.3) is 11.0 Å². The molecule has 120 valence electrons. The van der Waals surface area contributed by atoms with Crippen LogP contribution in [-0.2, 0) is 6.42 Å². The number of carbonyl (C=O) groups excluding carboxylic acids is 1. The van der Waals surface area contributed by atoms with Crippen LogP contribution in [0.4, 0.5) is 11.4 Å². The lowest BCUT2D eigenvalue weighted by Crippen LogP contribution is -2.16. The number of aromatic nitrogens is 3. The molecule has 1 amide bonds. The van der Waals surface area contributed by atoms with Crippen molar-refractivity contribution in [3.8, 4) is 12.3 Å². The SMILES string of the molecule is C#CCCc1ccc(Nc2c(C(N)=O)nnc3[nH]ccc23)cc1Cl. The van der Waals surface area contributed by atoms with Gasteiger partial charge in [0, 0.05) is 28.7 Å². The van der Waals surface area contributed by atoms with Crippen LogP contribution in [0.5, 0.6) is 0 Å². The summed E-state index contributed by atoms with van der Waals surface area (Å²) in [5.74, 6) is 1.93. The maximum absolute atomic E-state index is 11.6. The van der Waals surface area contributed by atoms with Gasteiger partial charge in [-0.2, -0.15) is 0 Å². The number of amides is 1. The molecule has 0 radical (unpaired) electrons. The minimum Gasteiger partial charge on any atom is -0.364 e. The standard InChI is InChI=1S/C17H14ClN5O/c1-2-3-4-10-5-6-11(9-13(10)18)21-14-12-7-8-20-17(12)23-22-15(14)16(19)24/h1,5-9H,3-4H2,(H2,19,24)(H2,20,21,23). The minimum atomic E-state index is -0.662. The molecule has 0 unspecified atom stereocenters.